The lowest BCUT2D eigenvalue weighted by atomic mass is 9.93. The van der Waals surface area contributed by atoms with Gasteiger partial charge in [0, 0.05) is 6.54 Å². The summed E-state index contributed by atoms with van der Waals surface area (Å²) in [5, 5.41) is 3.55. The van der Waals surface area contributed by atoms with Crippen LogP contribution in [0.4, 0.5) is 0 Å². The van der Waals surface area contributed by atoms with Gasteiger partial charge in [-0.3, -0.25) is 0 Å². The molecule has 0 aliphatic carbocycles. The van der Waals surface area contributed by atoms with Crippen molar-refractivity contribution in [3.8, 4) is 0 Å². The highest BCUT2D eigenvalue weighted by atomic mass is 15.2. The first-order valence-electron chi connectivity index (χ1n) is 9.05. The summed E-state index contributed by atoms with van der Waals surface area (Å²) in [5.41, 5.74) is 0. The third-order valence-corrected chi connectivity index (χ3v) is 5.67. The van der Waals surface area contributed by atoms with Gasteiger partial charge in [0.15, 0.2) is 0 Å². The summed E-state index contributed by atoms with van der Waals surface area (Å²) < 4.78 is 0. The first kappa shape index (κ1) is 14.8. The van der Waals surface area contributed by atoms with Crippen LogP contribution in [-0.4, -0.2) is 62.2 Å². The van der Waals surface area contributed by atoms with E-state index in [0.29, 0.717) is 0 Å². The Hall–Kier alpha value is -0.120. The Morgan fingerprint density at radius 1 is 0.800 bits per heavy atom. The van der Waals surface area contributed by atoms with E-state index < -0.39 is 0 Å². The van der Waals surface area contributed by atoms with Crippen molar-refractivity contribution < 1.29 is 0 Å². The summed E-state index contributed by atoms with van der Waals surface area (Å²) in [6, 6.07) is 0. The number of hydrogen-bond acceptors (Lipinski definition) is 3. The summed E-state index contributed by atoms with van der Waals surface area (Å²) in [4.78, 5) is 5.43. The molecule has 0 bridgehead atoms. The van der Waals surface area contributed by atoms with Crippen LogP contribution in [0.5, 0.6) is 0 Å². The molecule has 0 radical (unpaired) electrons. The zero-order chi connectivity index (χ0) is 13.6. The molecule has 116 valence electrons. The quantitative estimate of drug-likeness (QED) is 0.832. The molecule has 0 aromatic carbocycles. The van der Waals surface area contributed by atoms with Crippen LogP contribution < -0.4 is 5.32 Å². The van der Waals surface area contributed by atoms with Crippen LogP contribution in [0, 0.1) is 11.8 Å². The van der Waals surface area contributed by atoms with Gasteiger partial charge in [-0.15, -0.1) is 0 Å². The van der Waals surface area contributed by atoms with Gasteiger partial charge in [0.25, 0.3) is 0 Å². The van der Waals surface area contributed by atoms with E-state index in [9.17, 15) is 0 Å². The molecule has 0 amide bonds. The average Bonchev–Trinajstić information content (AvgIpc) is 3.01. The summed E-state index contributed by atoms with van der Waals surface area (Å²) in [6.07, 6.45) is 10.0. The highest BCUT2D eigenvalue weighted by Crippen LogP contribution is 2.22. The van der Waals surface area contributed by atoms with Crippen molar-refractivity contribution >= 4 is 0 Å². The molecule has 1 unspecified atom stereocenters. The highest BCUT2D eigenvalue weighted by molar-refractivity contribution is 4.78. The standard InChI is InChI=1S/C17H33N3/c1-2-10-20(9-1)15-17-6-12-19(13-7-17)11-5-16-4-3-8-18-14-16/h16-18H,1-15H2. The molecule has 3 heteroatoms. The lowest BCUT2D eigenvalue weighted by molar-refractivity contribution is 0.145. The molecule has 0 aromatic heterocycles. The van der Waals surface area contributed by atoms with Crippen molar-refractivity contribution in [1.82, 2.24) is 15.1 Å². The lowest BCUT2D eigenvalue weighted by Gasteiger charge is -2.35. The van der Waals surface area contributed by atoms with Gasteiger partial charge in [0.1, 0.15) is 0 Å². The Labute approximate surface area is 125 Å². The number of likely N-dealkylation sites (tertiary alicyclic amines) is 2. The van der Waals surface area contributed by atoms with E-state index in [2.05, 4.69) is 15.1 Å². The Bertz CT molecular complexity index is 261. The smallest absolute Gasteiger partial charge is 0.00106 e. The monoisotopic (exact) mass is 279 g/mol. The molecule has 3 aliphatic heterocycles. The molecule has 3 saturated heterocycles. The van der Waals surface area contributed by atoms with Gasteiger partial charge in [0.05, 0.1) is 0 Å². The summed E-state index contributed by atoms with van der Waals surface area (Å²) in [5.74, 6) is 1.94. The lowest BCUT2D eigenvalue weighted by Crippen LogP contribution is -2.39. The molecule has 20 heavy (non-hydrogen) atoms. The van der Waals surface area contributed by atoms with E-state index >= 15 is 0 Å². The fourth-order valence-corrected chi connectivity index (χ4v) is 4.26. The van der Waals surface area contributed by atoms with Gasteiger partial charge in [-0.1, -0.05) is 0 Å². The van der Waals surface area contributed by atoms with Crippen LogP contribution in [0.15, 0.2) is 0 Å². The number of piperidine rings is 2. The van der Waals surface area contributed by atoms with E-state index in [-0.39, 0.29) is 0 Å². The number of nitrogens with zero attached hydrogens (tertiary/aromatic N) is 2. The van der Waals surface area contributed by atoms with E-state index in [1.54, 1.807) is 0 Å². The number of rotatable bonds is 5. The molecular formula is C17H33N3. The first-order chi connectivity index (χ1) is 9.90. The average molecular weight is 279 g/mol. The second kappa shape index (κ2) is 7.77. The highest BCUT2D eigenvalue weighted by Gasteiger charge is 2.23. The van der Waals surface area contributed by atoms with Crippen molar-refractivity contribution in [3.05, 3.63) is 0 Å². The van der Waals surface area contributed by atoms with Gasteiger partial charge < -0.3 is 15.1 Å². The fraction of sp³-hybridized carbons (Fsp3) is 1.00. The van der Waals surface area contributed by atoms with Crippen LogP contribution >= 0.6 is 0 Å². The van der Waals surface area contributed by atoms with Gasteiger partial charge in [0.2, 0.25) is 0 Å². The fourth-order valence-electron chi connectivity index (χ4n) is 4.26. The molecule has 3 heterocycles. The van der Waals surface area contributed by atoms with Crippen molar-refractivity contribution in [2.45, 2.75) is 44.9 Å². The first-order valence-corrected chi connectivity index (χ1v) is 9.05. The zero-order valence-electron chi connectivity index (χ0n) is 13.2. The van der Waals surface area contributed by atoms with Crippen molar-refractivity contribution in [2.24, 2.45) is 11.8 Å². The van der Waals surface area contributed by atoms with Gasteiger partial charge >= 0.3 is 0 Å². The molecule has 0 spiro atoms. The summed E-state index contributed by atoms with van der Waals surface area (Å²) in [6.45, 7) is 10.7. The van der Waals surface area contributed by atoms with Crippen molar-refractivity contribution in [2.75, 3.05) is 52.4 Å². The molecule has 3 fully saturated rings. The van der Waals surface area contributed by atoms with Gasteiger partial charge in [-0.2, -0.15) is 0 Å². The van der Waals surface area contributed by atoms with Gasteiger partial charge in [-0.25, -0.2) is 0 Å². The summed E-state index contributed by atoms with van der Waals surface area (Å²) in [7, 11) is 0. The second-order valence-corrected chi connectivity index (χ2v) is 7.29. The predicted molar refractivity (Wildman–Crippen MR) is 85.0 cm³/mol. The minimum absolute atomic E-state index is 0.950. The molecular weight excluding hydrogens is 246 g/mol. The third kappa shape index (κ3) is 4.44. The Balaban J connectivity index is 1.29. The maximum Gasteiger partial charge on any atom is 0.00106 e. The van der Waals surface area contributed by atoms with E-state index in [1.165, 1.54) is 97.3 Å². The van der Waals surface area contributed by atoms with Crippen LogP contribution in [0.3, 0.4) is 0 Å². The minimum atomic E-state index is 0.950. The minimum Gasteiger partial charge on any atom is -0.316 e. The second-order valence-electron chi connectivity index (χ2n) is 7.29. The normalized spacial score (nSPS) is 30.9. The van der Waals surface area contributed by atoms with Crippen molar-refractivity contribution in [1.29, 1.82) is 0 Å². The van der Waals surface area contributed by atoms with Crippen molar-refractivity contribution in [3.63, 3.8) is 0 Å². The van der Waals surface area contributed by atoms with Crippen LogP contribution in [0.1, 0.15) is 44.9 Å². The molecule has 1 atom stereocenters. The Kier molecular flexibility index (Phi) is 5.75. The summed E-state index contributed by atoms with van der Waals surface area (Å²) >= 11 is 0. The number of nitrogens with one attached hydrogen (secondary N) is 1. The maximum atomic E-state index is 3.55. The molecule has 1 N–H and O–H groups in total. The number of hydrogen-bond donors (Lipinski definition) is 1. The topological polar surface area (TPSA) is 18.5 Å². The SMILES string of the molecule is C1CNCC(CCN2CCC(CN3CCCC3)CC2)C1. The third-order valence-electron chi connectivity index (χ3n) is 5.67. The van der Waals surface area contributed by atoms with Gasteiger partial charge in [-0.05, 0) is 103 Å². The Morgan fingerprint density at radius 2 is 1.60 bits per heavy atom. The van der Waals surface area contributed by atoms with E-state index in [4.69, 9.17) is 0 Å². The van der Waals surface area contributed by atoms with Crippen LogP contribution in [0.2, 0.25) is 0 Å². The Morgan fingerprint density at radius 3 is 2.30 bits per heavy atom. The molecule has 0 saturated carbocycles. The zero-order valence-corrected chi connectivity index (χ0v) is 13.2. The molecule has 3 rings (SSSR count). The predicted octanol–water partition coefficient (Wildman–Crippen LogP) is 2.18. The maximum absolute atomic E-state index is 3.55. The van der Waals surface area contributed by atoms with E-state index in [1.807, 2.05) is 0 Å². The van der Waals surface area contributed by atoms with E-state index in [0.717, 1.165) is 11.8 Å². The molecule has 0 aromatic rings. The molecule has 3 aliphatic rings. The molecule has 3 nitrogen and oxygen atoms in total. The largest absolute Gasteiger partial charge is 0.316 e. The van der Waals surface area contributed by atoms with Crippen LogP contribution in [-0.2, 0) is 0 Å². The van der Waals surface area contributed by atoms with Crippen LogP contribution in [0.25, 0.3) is 0 Å².